The standard InChI is InChI=1S/C11H15ClN4O/c1-4-6-7-8-9(16(3)15-7)10(17-5-2)14-11(12)13-8/h4-6H2,1-3H3. The lowest BCUT2D eigenvalue weighted by Gasteiger charge is -2.04. The van der Waals surface area contributed by atoms with Crippen LogP contribution in [0.25, 0.3) is 11.0 Å². The van der Waals surface area contributed by atoms with Gasteiger partial charge in [-0.15, -0.1) is 0 Å². The average Bonchev–Trinajstić information content (AvgIpc) is 2.56. The molecule has 5 nitrogen and oxygen atoms in total. The predicted octanol–water partition coefficient (Wildman–Crippen LogP) is 2.37. The summed E-state index contributed by atoms with van der Waals surface area (Å²) in [7, 11) is 1.86. The van der Waals surface area contributed by atoms with Crippen LogP contribution in [0.5, 0.6) is 5.88 Å². The third kappa shape index (κ3) is 2.20. The molecule has 2 rings (SSSR count). The Hall–Kier alpha value is -1.36. The fraction of sp³-hybridized carbons (Fsp3) is 0.545. The summed E-state index contributed by atoms with van der Waals surface area (Å²) in [6.45, 7) is 4.55. The van der Waals surface area contributed by atoms with E-state index < -0.39 is 0 Å². The maximum absolute atomic E-state index is 5.90. The summed E-state index contributed by atoms with van der Waals surface area (Å²) in [6.07, 6.45) is 1.88. The molecule has 0 aliphatic heterocycles. The molecule has 2 aromatic heterocycles. The summed E-state index contributed by atoms with van der Waals surface area (Å²) >= 11 is 5.90. The number of ether oxygens (including phenoxy) is 1. The Morgan fingerprint density at radius 1 is 1.29 bits per heavy atom. The number of nitrogens with zero attached hydrogens (tertiary/aromatic N) is 4. The normalized spacial score (nSPS) is 11.1. The van der Waals surface area contributed by atoms with E-state index in [1.165, 1.54) is 0 Å². The van der Waals surface area contributed by atoms with Gasteiger partial charge in [0.05, 0.1) is 12.3 Å². The predicted molar refractivity (Wildman–Crippen MR) is 66.5 cm³/mol. The molecule has 0 N–H and O–H groups in total. The first-order valence-corrected chi connectivity index (χ1v) is 6.07. The van der Waals surface area contributed by atoms with Gasteiger partial charge in [-0.3, -0.25) is 4.68 Å². The van der Waals surface area contributed by atoms with E-state index in [0.717, 1.165) is 29.6 Å². The van der Waals surface area contributed by atoms with Crippen LogP contribution in [0, 0.1) is 0 Å². The van der Waals surface area contributed by atoms with Gasteiger partial charge in [-0.1, -0.05) is 13.3 Å². The number of aryl methyl sites for hydroxylation is 2. The minimum Gasteiger partial charge on any atom is -0.476 e. The van der Waals surface area contributed by atoms with Crippen molar-refractivity contribution in [3.8, 4) is 5.88 Å². The van der Waals surface area contributed by atoms with Crippen LogP contribution in [0.4, 0.5) is 0 Å². The number of aromatic nitrogens is 4. The maximum Gasteiger partial charge on any atom is 0.244 e. The first kappa shape index (κ1) is 12.1. The van der Waals surface area contributed by atoms with Gasteiger partial charge in [-0.05, 0) is 24.9 Å². The zero-order chi connectivity index (χ0) is 12.4. The van der Waals surface area contributed by atoms with Crippen LogP contribution in [0.15, 0.2) is 0 Å². The average molecular weight is 255 g/mol. The number of halogens is 1. The van der Waals surface area contributed by atoms with E-state index in [9.17, 15) is 0 Å². The Labute approximate surface area is 105 Å². The zero-order valence-electron chi connectivity index (χ0n) is 10.2. The Morgan fingerprint density at radius 2 is 2.06 bits per heavy atom. The van der Waals surface area contributed by atoms with Gasteiger partial charge >= 0.3 is 0 Å². The summed E-state index contributed by atoms with van der Waals surface area (Å²) in [6, 6.07) is 0. The molecule has 92 valence electrons. The Kier molecular flexibility index (Phi) is 3.47. The van der Waals surface area contributed by atoms with Gasteiger partial charge < -0.3 is 4.74 Å². The van der Waals surface area contributed by atoms with Crippen molar-refractivity contribution in [2.24, 2.45) is 7.05 Å². The molecule has 0 saturated carbocycles. The summed E-state index contributed by atoms with van der Waals surface area (Å²) < 4.78 is 7.23. The molecule has 0 aliphatic carbocycles. The van der Waals surface area contributed by atoms with Gasteiger partial charge in [0.15, 0.2) is 0 Å². The summed E-state index contributed by atoms with van der Waals surface area (Å²) in [5.74, 6) is 0.500. The Balaban J connectivity index is 2.67. The smallest absolute Gasteiger partial charge is 0.244 e. The molecule has 0 bridgehead atoms. The number of hydrogen-bond acceptors (Lipinski definition) is 4. The van der Waals surface area contributed by atoms with Crippen LogP contribution in [0.2, 0.25) is 5.28 Å². The quantitative estimate of drug-likeness (QED) is 0.786. The maximum atomic E-state index is 5.90. The van der Waals surface area contributed by atoms with Crippen LogP contribution >= 0.6 is 11.6 Å². The first-order chi connectivity index (χ1) is 8.17. The second-order valence-electron chi connectivity index (χ2n) is 3.75. The third-order valence-electron chi connectivity index (χ3n) is 2.46. The molecule has 2 heterocycles. The highest BCUT2D eigenvalue weighted by Crippen LogP contribution is 2.26. The monoisotopic (exact) mass is 254 g/mol. The Bertz CT molecular complexity index is 538. The number of hydrogen-bond donors (Lipinski definition) is 0. The second kappa shape index (κ2) is 4.87. The van der Waals surface area contributed by atoms with E-state index in [1.54, 1.807) is 4.68 Å². The fourth-order valence-electron chi connectivity index (χ4n) is 1.82. The van der Waals surface area contributed by atoms with Gasteiger partial charge in [0.25, 0.3) is 0 Å². The van der Waals surface area contributed by atoms with Gasteiger partial charge in [0.2, 0.25) is 11.2 Å². The van der Waals surface area contributed by atoms with Crippen molar-refractivity contribution in [3.05, 3.63) is 11.0 Å². The first-order valence-electron chi connectivity index (χ1n) is 5.69. The molecule has 2 aromatic rings. The van der Waals surface area contributed by atoms with Crippen LogP contribution < -0.4 is 4.74 Å². The topological polar surface area (TPSA) is 52.8 Å². The molecule has 6 heteroatoms. The van der Waals surface area contributed by atoms with Crippen LogP contribution in [0.3, 0.4) is 0 Å². The highest BCUT2D eigenvalue weighted by atomic mass is 35.5. The van der Waals surface area contributed by atoms with Crippen molar-refractivity contribution in [2.45, 2.75) is 26.7 Å². The highest BCUT2D eigenvalue weighted by Gasteiger charge is 2.16. The zero-order valence-corrected chi connectivity index (χ0v) is 11.0. The lowest BCUT2D eigenvalue weighted by molar-refractivity contribution is 0.329. The van der Waals surface area contributed by atoms with E-state index in [1.807, 2.05) is 14.0 Å². The van der Waals surface area contributed by atoms with Crippen molar-refractivity contribution in [1.29, 1.82) is 0 Å². The molecule has 0 unspecified atom stereocenters. The lowest BCUT2D eigenvalue weighted by Crippen LogP contribution is -2.00. The van der Waals surface area contributed by atoms with E-state index in [-0.39, 0.29) is 5.28 Å². The van der Waals surface area contributed by atoms with E-state index in [0.29, 0.717) is 12.5 Å². The van der Waals surface area contributed by atoms with E-state index in [4.69, 9.17) is 16.3 Å². The molecule has 0 aromatic carbocycles. The Morgan fingerprint density at radius 3 is 2.71 bits per heavy atom. The van der Waals surface area contributed by atoms with Crippen molar-refractivity contribution >= 4 is 22.6 Å². The summed E-state index contributed by atoms with van der Waals surface area (Å²) in [4.78, 5) is 8.35. The minimum atomic E-state index is 0.200. The summed E-state index contributed by atoms with van der Waals surface area (Å²) in [5.41, 5.74) is 2.53. The van der Waals surface area contributed by atoms with Crippen molar-refractivity contribution < 1.29 is 4.74 Å². The minimum absolute atomic E-state index is 0.200. The van der Waals surface area contributed by atoms with Gasteiger partial charge in [0.1, 0.15) is 11.0 Å². The van der Waals surface area contributed by atoms with E-state index in [2.05, 4.69) is 22.0 Å². The third-order valence-corrected chi connectivity index (χ3v) is 2.63. The molecule has 0 radical (unpaired) electrons. The van der Waals surface area contributed by atoms with Crippen LogP contribution in [-0.4, -0.2) is 26.4 Å². The number of fused-ring (bicyclic) bond motifs is 1. The van der Waals surface area contributed by atoms with E-state index >= 15 is 0 Å². The van der Waals surface area contributed by atoms with Gasteiger partial charge in [-0.2, -0.15) is 10.1 Å². The van der Waals surface area contributed by atoms with Crippen LogP contribution in [-0.2, 0) is 13.5 Å². The molecular formula is C11H15ClN4O. The van der Waals surface area contributed by atoms with Gasteiger partial charge in [0, 0.05) is 7.05 Å². The fourth-order valence-corrected chi connectivity index (χ4v) is 1.98. The second-order valence-corrected chi connectivity index (χ2v) is 4.09. The number of rotatable bonds is 4. The lowest BCUT2D eigenvalue weighted by atomic mass is 10.2. The SMILES string of the molecule is CCCc1nn(C)c2c(OCC)nc(Cl)nc12. The highest BCUT2D eigenvalue weighted by molar-refractivity contribution is 6.28. The van der Waals surface area contributed by atoms with Crippen molar-refractivity contribution in [2.75, 3.05) is 6.61 Å². The molecule has 17 heavy (non-hydrogen) atoms. The van der Waals surface area contributed by atoms with Crippen molar-refractivity contribution in [1.82, 2.24) is 19.7 Å². The molecule has 0 saturated heterocycles. The molecule has 0 aliphatic rings. The molecule has 0 spiro atoms. The largest absolute Gasteiger partial charge is 0.476 e. The van der Waals surface area contributed by atoms with Gasteiger partial charge in [-0.25, -0.2) is 4.98 Å². The molecule has 0 fully saturated rings. The van der Waals surface area contributed by atoms with Crippen molar-refractivity contribution in [3.63, 3.8) is 0 Å². The summed E-state index contributed by atoms with van der Waals surface area (Å²) in [5, 5.41) is 4.64. The molecular weight excluding hydrogens is 240 g/mol. The molecule has 0 atom stereocenters. The molecule has 0 amide bonds. The van der Waals surface area contributed by atoms with Crippen LogP contribution in [0.1, 0.15) is 26.0 Å².